The summed E-state index contributed by atoms with van der Waals surface area (Å²) in [5, 5.41) is 4.69. The second-order valence-electron chi connectivity index (χ2n) is 5.47. The SMILES string of the molecule is CN(CCc1coc2ccccc12)C1CCNCC1. The molecule has 1 aromatic carbocycles. The smallest absolute Gasteiger partial charge is 0.134 e. The van der Waals surface area contributed by atoms with Gasteiger partial charge in [-0.25, -0.2) is 0 Å². The van der Waals surface area contributed by atoms with E-state index in [4.69, 9.17) is 4.42 Å². The maximum Gasteiger partial charge on any atom is 0.134 e. The van der Waals surface area contributed by atoms with Crippen molar-refractivity contribution in [2.75, 3.05) is 26.7 Å². The maximum atomic E-state index is 5.60. The first-order valence-electron chi connectivity index (χ1n) is 7.20. The van der Waals surface area contributed by atoms with E-state index < -0.39 is 0 Å². The third-order valence-corrected chi connectivity index (χ3v) is 4.23. The summed E-state index contributed by atoms with van der Waals surface area (Å²) in [6, 6.07) is 9.03. The third-order valence-electron chi connectivity index (χ3n) is 4.23. The van der Waals surface area contributed by atoms with Crippen molar-refractivity contribution in [2.45, 2.75) is 25.3 Å². The largest absolute Gasteiger partial charge is 0.464 e. The summed E-state index contributed by atoms with van der Waals surface area (Å²) in [6.45, 7) is 3.42. The van der Waals surface area contributed by atoms with Crippen LogP contribution < -0.4 is 5.32 Å². The topological polar surface area (TPSA) is 28.4 Å². The summed E-state index contributed by atoms with van der Waals surface area (Å²) in [4.78, 5) is 2.50. The molecule has 3 heteroatoms. The number of para-hydroxylation sites is 1. The molecule has 1 aromatic heterocycles. The number of fused-ring (bicyclic) bond motifs is 1. The van der Waals surface area contributed by atoms with Crippen molar-refractivity contribution in [3.8, 4) is 0 Å². The molecule has 0 atom stereocenters. The molecule has 0 unspecified atom stereocenters. The Morgan fingerprint density at radius 2 is 2.05 bits per heavy atom. The number of nitrogens with zero attached hydrogens (tertiary/aromatic N) is 1. The minimum absolute atomic E-state index is 0.736. The van der Waals surface area contributed by atoms with Crippen LogP contribution in [-0.4, -0.2) is 37.6 Å². The van der Waals surface area contributed by atoms with Crippen LogP contribution in [0.3, 0.4) is 0 Å². The van der Waals surface area contributed by atoms with Crippen molar-refractivity contribution in [1.29, 1.82) is 0 Å². The molecule has 19 heavy (non-hydrogen) atoms. The van der Waals surface area contributed by atoms with E-state index in [0.717, 1.165) is 37.7 Å². The van der Waals surface area contributed by atoms with Crippen LogP contribution in [0.5, 0.6) is 0 Å². The first kappa shape index (κ1) is 12.7. The Kier molecular flexibility index (Phi) is 3.85. The van der Waals surface area contributed by atoms with E-state index in [2.05, 4.69) is 29.4 Å². The molecule has 0 aliphatic carbocycles. The van der Waals surface area contributed by atoms with Crippen LogP contribution in [0.2, 0.25) is 0 Å². The van der Waals surface area contributed by atoms with E-state index in [1.165, 1.54) is 23.8 Å². The molecule has 0 amide bonds. The number of hydrogen-bond donors (Lipinski definition) is 1. The third kappa shape index (κ3) is 2.82. The molecule has 1 saturated heterocycles. The highest BCUT2D eigenvalue weighted by atomic mass is 16.3. The van der Waals surface area contributed by atoms with Gasteiger partial charge in [-0.2, -0.15) is 0 Å². The Morgan fingerprint density at radius 1 is 1.26 bits per heavy atom. The number of likely N-dealkylation sites (N-methyl/N-ethyl adjacent to an activating group) is 1. The molecule has 1 N–H and O–H groups in total. The molecule has 0 saturated carbocycles. The quantitative estimate of drug-likeness (QED) is 0.914. The first-order chi connectivity index (χ1) is 9.34. The van der Waals surface area contributed by atoms with Gasteiger partial charge >= 0.3 is 0 Å². The van der Waals surface area contributed by atoms with Crippen LogP contribution in [0.4, 0.5) is 0 Å². The van der Waals surface area contributed by atoms with Crippen LogP contribution in [0, 0.1) is 0 Å². The summed E-state index contributed by atoms with van der Waals surface area (Å²) in [7, 11) is 2.25. The molecule has 3 rings (SSSR count). The summed E-state index contributed by atoms with van der Waals surface area (Å²) in [6.07, 6.45) is 5.52. The normalized spacial score (nSPS) is 17.4. The number of benzene rings is 1. The van der Waals surface area contributed by atoms with Gasteiger partial charge in [0.1, 0.15) is 5.58 Å². The standard InChI is InChI=1S/C16H22N2O/c1-18(14-6-9-17-10-7-14)11-8-13-12-19-16-5-3-2-4-15(13)16/h2-5,12,14,17H,6-11H2,1H3. The summed E-state index contributed by atoms with van der Waals surface area (Å²) in [5.74, 6) is 0. The lowest BCUT2D eigenvalue weighted by Crippen LogP contribution is -2.41. The summed E-state index contributed by atoms with van der Waals surface area (Å²) < 4.78 is 5.60. The number of piperidine rings is 1. The molecule has 0 radical (unpaired) electrons. The number of rotatable bonds is 4. The lowest BCUT2D eigenvalue weighted by atomic mass is 10.0. The van der Waals surface area contributed by atoms with Crippen LogP contribution in [0.25, 0.3) is 11.0 Å². The van der Waals surface area contributed by atoms with Gasteiger partial charge in [0.15, 0.2) is 0 Å². The Morgan fingerprint density at radius 3 is 2.89 bits per heavy atom. The summed E-state index contributed by atoms with van der Waals surface area (Å²) >= 11 is 0. The van der Waals surface area contributed by atoms with Gasteiger partial charge in [0.2, 0.25) is 0 Å². The number of hydrogen-bond acceptors (Lipinski definition) is 3. The molecule has 1 aliphatic heterocycles. The zero-order valence-corrected chi connectivity index (χ0v) is 11.6. The molecule has 0 spiro atoms. The Bertz CT molecular complexity index is 528. The molecular weight excluding hydrogens is 236 g/mol. The zero-order chi connectivity index (χ0) is 13.1. The fraction of sp³-hybridized carbons (Fsp3) is 0.500. The van der Waals surface area contributed by atoms with E-state index in [1.807, 2.05) is 18.4 Å². The molecular formula is C16H22N2O. The second-order valence-corrected chi connectivity index (χ2v) is 5.47. The van der Waals surface area contributed by atoms with Crippen LogP contribution in [-0.2, 0) is 6.42 Å². The Balaban J connectivity index is 1.62. The fourth-order valence-corrected chi connectivity index (χ4v) is 2.95. The van der Waals surface area contributed by atoms with Crippen LogP contribution in [0.1, 0.15) is 18.4 Å². The molecule has 1 aliphatic rings. The van der Waals surface area contributed by atoms with Gasteiger partial charge < -0.3 is 14.6 Å². The van der Waals surface area contributed by atoms with E-state index in [0.29, 0.717) is 0 Å². The molecule has 1 fully saturated rings. The molecule has 102 valence electrons. The van der Waals surface area contributed by atoms with Gasteiger partial charge in [-0.05, 0) is 51.0 Å². The second kappa shape index (κ2) is 5.76. The van der Waals surface area contributed by atoms with E-state index in [1.54, 1.807) is 0 Å². The predicted octanol–water partition coefficient (Wildman–Crippen LogP) is 2.66. The van der Waals surface area contributed by atoms with Crippen LogP contribution in [0.15, 0.2) is 34.9 Å². The van der Waals surface area contributed by atoms with Crippen molar-refractivity contribution in [3.63, 3.8) is 0 Å². The van der Waals surface area contributed by atoms with Crippen molar-refractivity contribution < 1.29 is 4.42 Å². The monoisotopic (exact) mass is 258 g/mol. The van der Waals surface area contributed by atoms with Gasteiger partial charge in [-0.15, -0.1) is 0 Å². The summed E-state index contributed by atoms with van der Waals surface area (Å²) in [5.41, 5.74) is 2.33. The minimum atomic E-state index is 0.736. The fourth-order valence-electron chi connectivity index (χ4n) is 2.95. The first-order valence-corrected chi connectivity index (χ1v) is 7.20. The van der Waals surface area contributed by atoms with E-state index in [9.17, 15) is 0 Å². The Hall–Kier alpha value is -1.32. The van der Waals surface area contributed by atoms with Crippen molar-refractivity contribution in [2.24, 2.45) is 0 Å². The number of nitrogens with one attached hydrogen (secondary N) is 1. The van der Waals surface area contributed by atoms with Crippen LogP contribution >= 0.6 is 0 Å². The van der Waals surface area contributed by atoms with Gasteiger partial charge in [-0.3, -0.25) is 0 Å². The lowest BCUT2D eigenvalue weighted by Gasteiger charge is -2.31. The number of furan rings is 1. The van der Waals surface area contributed by atoms with Crippen molar-refractivity contribution in [3.05, 3.63) is 36.1 Å². The lowest BCUT2D eigenvalue weighted by molar-refractivity contribution is 0.201. The highest BCUT2D eigenvalue weighted by Gasteiger charge is 2.17. The average Bonchev–Trinajstić information content (AvgIpc) is 2.89. The van der Waals surface area contributed by atoms with Gasteiger partial charge in [-0.1, -0.05) is 18.2 Å². The average molecular weight is 258 g/mol. The van der Waals surface area contributed by atoms with E-state index in [-0.39, 0.29) is 0 Å². The predicted molar refractivity (Wildman–Crippen MR) is 78.4 cm³/mol. The maximum absolute atomic E-state index is 5.60. The van der Waals surface area contributed by atoms with Crippen molar-refractivity contribution >= 4 is 11.0 Å². The minimum Gasteiger partial charge on any atom is -0.464 e. The van der Waals surface area contributed by atoms with Gasteiger partial charge in [0, 0.05) is 18.0 Å². The van der Waals surface area contributed by atoms with Gasteiger partial charge in [0.25, 0.3) is 0 Å². The molecule has 2 aromatic rings. The van der Waals surface area contributed by atoms with Gasteiger partial charge in [0.05, 0.1) is 6.26 Å². The highest BCUT2D eigenvalue weighted by molar-refractivity contribution is 5.80. The highest BCUT2D eigenvalue weighted by Crippen LogP contribution is 2.21. The van der Waals surface area contributed by atoms with E-state index >= 15 is 0 Å². The Labute approximate surface area is 114 Å². The molecule has 0 bridgehead atoms. The molecule has 3 nitrogen and oxygen atoms in total. The molecule has 2 heterocycles. The zero-order valence-electron chi connectivity index (χ0n) is 11.6. The van der Waals surface area contributed by atoms with Crippen molar-refractivity contribution in [1.82, 2.24) is 10.2 Å².